The molecule has 0 radical (unpaired) electrons. The minimum atomic E-state index is 0.183. The third kappa shape index (κ3) is 3.39. The van der Waals surface area contributed by atoms with Gasteiger partial charge in [0.1, 0.15) is 5.82 Å². The lowest BCUT2D eigenvalue weighted by molar-refractivity contribution is 0.738. The van der Waals surface area contributed by atoms with Crippen LogP contribution in [0.25, 0.3) is 55.0 Å². The molecule has 8 aromatic rings. The number of benzene rings is 5. The fourth-order valence-electron chi connectivity index (χ4n) is 7.87. The van der Waals surface area contributed by atoms with Crippen LogP contribution < -0.4 is 4.90 Å². The van der Waals surface area contributed by atoms with Crippen molar-refractivity contribution < 1.29 is 0 Å². The Hall–Kier alpha value is -5.87. The summed E-state index contributed by atoms with van der Waals surface area (Å²) in [5.41, 5.74) is 9.73. The summed E-state index contributed by atoms with van der Waals surface area (Å²) in [5, 5.41) is 5.13. The third-order valence-corrected chi connectivity index (χ3v) is 9.66. The summed E-state index contributed by atoms with van der Waals surface area (Å²) in [6.07, 6.45) is 10.9. The van der Waals surface area contributed by atoms with Gasteiger partial charge in [0.15, 0.2) is 0 Å². The Labute approximate surface area is 260 Å². The molecule has 0 fully saturated rings. The van der Waals surface area contributed by atoms with Gasteiger partial charge in [-0.2, -0.15) is 0 Å². The molecule has 0 N–H and O–H groups in total. The molecule has 5 aromatic carbocycles. The summed E-state index contributed by atoms with van der Waals surface area (Å²) < 4.78 is 4.86. The van der Waals surface area contributed by atoms with Crippen molar-refractivity contribution >= 4 is 55.1 Å². The molecule has 0 saturated carbocycles. The largest absolute Gasteiger partial charge is 0.318 e. The number of hydrogen-bond donors (Lipinski definition) is 0. The van der Waals surface area contributed by atoms with Crippen LogP contribution >= 0.6 is 0 Å². The number of aromatic nitrogens is 3. The minimum Gasteiger partial charge on any atom is -0.318 e. The molecule has 0 amide bonds. The standard InChI is InChI=1S/C41H28N4/c1-3-13-27(14-4-1)43-34-20-10-8-18-30(34)40-35(43)22-23-36-41(40)32-25-31-29-17-7-9-19-33(29)45(39-21-11-12-24-42-39)37(31)26-38(32)44(36)28-15-5-2-6-16-28/h1-26,29,33H. The van der Waals surface area contributed by atoms with Crippen LogP contribution in [0.5, 0.6) is 0 Å². The zero-order chi connectivity index (χ0) is 29.5. The number of rotatable bonds is 3. The second-order valence-electron chi connectivity index (χ2n) is 12.0. The highest BCUT2D eigenvalue weighted by molar-refractivity contribution is 6.29. The van der Waals surface area contributed by atoms with E-state index < -0.39 is 0 Å². The zero-order valence-corrected chi connectivity index (χ0v) is 24.5. The maximum atomic E-state index is 4.82. The average molecular weight is 577 g/mol. The number of anilines is 2. The first-order valence-corrected chi connectivity index (χ1v) is 15.6. The molecule has 3 aromatic heterocycles. The van der Waals surface area contributed by atoms with E-state index in [4.69, 9.17) is 4.98 Å². The molecule has 4 nitrogen and oxygen atoms in total. The SMILES string of the molecule is C1=CC2c3cc4c5c6c7ccccc7n(-c7ccccc7)c6ccc5n(-c5ccccc5)c4cc3N(c3ccccn3)C2C=C1. The van der Waals surface area contributed by atoms with Gasteiger partial charge in [0, 0.05) is 50.7 Å². The Morgan fingerprint density at radius 1 is 0.511 bits per heavy atom. The summed E-state index contributed by atoms with van der Waals surface area (Å²) >= 11 is 0. The van der Waals surface area contributed by atoms with E-state index in [1.54, 1.807) is 0 Å². The van der Waals surface area contributed by atoms with Gasteiger partial charge in [-0.1, -0.05) is 85.0 Å². The van der Waals surface area contributed by atoms with Crippen molar-refractivity contribution in [2.45, 2.75) is 12.0 Å². The molecule has 212 valence electrons. The Morgan fingerprint density at radius 3 is 1.89 bits per heavy atom. The van der Waals surface area contributed by atoms with E-state index in [1.807, 2.05) is 12.3 Å². The molecule has 1 aliphatic heterocycles. The third-order valence-electron chi connectivity index (χ3n) is 9.66. The molecule has 0 spiro atoms. The van der Waals surface area contributed by atoms with Gasteiger partial charge in [0.25, 0.3) is 0 Å². The first kappa shape index (κ1) is 24.6. The maximum Gasteiger partial charge on any atom is 0.133 e. The first-order valence-electron chi connectivity index (χ1n) is 15.6. The fourth-order valence-corrected chi connectivity index (χ4v) is 7.87. The van der Waals surface area contributed by atoms with E-state index >= 15 is 0 Å². The molecule has 1 aliphatic carbocycles. The number of allylic oxidation sites excluding steroid dienone is 2. The predicted octanol–water partition coefficient (Wildman–Crippen LogP) is 10.0. The summed E-state index contributed by atoms with van der Waals surface area (Å²) in [5.74, 6) is 1.22. The van der Waals surface area contributed by atoms with E-state index in [9.17, 15) is 0 Å². The molecule has 4 heterocycles. The lowest BCUT2D eigenvalue weighted by Gasteiger charge is -2.27. The summed E-state index contributed by atoms with van der Waals surface area (Å²) in [4.78, 5) is 7.24. The number of pyridine rings is 1. The van der Waals surface area contributed by atoms with Crippen molar-refractivity contribution in [3.8, 4) is 11.4 Å². The Kier molecular flexibility index (Phi) is 5.08. The van der Waals surface area contributed by atoms with E-state index in [1.165, 1.54) is 60.5 Å². The molecule has 2 aliphatic rings. The van der Waals surface area contributed by atoms with Gasteiger partial charge >= 0.3 is 0 Å². The molecule has 2 atom stereocenters. The highest BCUT2D eigenvalue weighted by Gasteiger charge is 2.39. The van der Waals surface area contributed by atoms with Gasteiger partial charge in [0.2, 0.25) is 0 Å². The Bertz CT molecular complexity index is 2480. The molecule has 2 unspecified atom stereocenters. The lowest BCUT2D eigenvalue weighted by Crippen LogP contribution is -2.29. The monoisotopic (exact) mass is 576 g/mol. The fraction of sp³-hybridized carbons (Fsp3) is 0.0488. The number of nitrogens with zero attached hydrogens (tertiary/aromatic N) is 4. The second kappa shape index (κ2) is 9.31. The van der Waals surface area contributed by atoms with Crippen LogP contribution in [-0.2, 0) is 0 Å². The number of fused-ring (bicyclic) bond motifs is 10. The van der Waals surface area contributed by atoms with Crippen LogP contribution in [0.2, 0.25) is 0 Å². The van der Waals surface area contributed by atoms with Gasteiger partial charge in [-0.05, 0) is 72.3 Å². The van der Waals surface area contributed by atoms with Crippen LogP contribution in [0.4, 0.5) is 11.5 Å². The van der Waals surface area contributed by atoms with E-state index in [0.717, 1.165) is 11.5 Å². The first-order chi connectivity index (χ1) is 22.4. The molecular formula is C41H28N4. The molecule has 4 heteroatoms. The van der Waals surface area contributed by atoms with Crippen molar-refractivity contribution in [2.24, 2.45) is 0 Å². The summed E-state index contributed by atoms with van der Waals surface area (Å²) in [7, 11) is 0. The number of para-hydroxylation sites is 3. The van der Waals surface area contributed by atoms with Crippen LogP contribution in [-0.4, -0.2) is 20.2 Å². The minimum absolute atomic E-state index is 0.183. The van der Waals surface area contributed by atoms with Gasteiger partial charge in [-0.25, -0.2) is 4.98 Å². The summed E-state index contributed by atoms with van der Waals surface area (Å²) in [6.45, 7) is 0. The van der Waals surface area contributed by atoms with Crippen LogP contribution in [0.3, 0.4) is 0 Å². The van der Waals surface area contributed by atoms with Crippen molar-refractivity contribution in [1.82, 2.24) is 14.1 Å². The van der Waals surface area contributed by atoms with Crippen LogP contribution in [0.1, 0.15) is 11.5 Å². The smallest absolute Gasteiger partial charge is 0.133 e. The zero-order valence-electron chi connectivity index (χ0n) is 24.5. The number of hydrogen-bond acceptors (Lipinski definition) is 2. The lowest BCUT2D eigenvalue weighted by atomic mass is 9.90. The van der Waals surface area contributed by atoms with Crippen molar-refractivity contribution in [2.75, 3.05) is 4.90 Å². The molecule has 10 rings (SSSR count). The normalized spacial score (nSPS) is 17.1. The van der Waals surface area contributed by atoms with Gasteiger partial charge in [-0.3, -0.25) is 0 Å². The van der Waals surface area contributed by atoms with Gasteiger partial charge in [-0.15, -0.1) is 0 Å². The van der Waals surface area contributed by atoms with Crippen molar-refractivity contribution in [3.63, 3.8) is 0 Å². The van der Waals surface area contributed by atoms with E-state index in [2.05, 4.69) is 160 Å². The van der Waals surface area contributed by atoms with Crippen LogP contribution in [0.15, 0.2) is 158 Å². The molecule has 0 saturated heterocycles. The predicted molar refractivity (Wildman–Crippen MR) is 186 cm³/mol. The summed E-state index contributed by atoms with van der Waals surface area (Å²) in [6, 6.07) is 46.2. The molecular weight excluding hydrogens is 548 g/mol. The second-order valence-corrected chi connectivity index (χ2v) is 12.0. The van der Waals surface area contributed by atoms with Crippen LogP contribution in [0, 0.1) is 0 Å². The van der Waals surface area contributed by atoms with Gasteiger partial charge in [0.05, 0.1) is 28.1 Å². The highest BCUT2D eigenvalue weighted by atomic mass is 15.2. The molecule has 0 bridgehead atoms. The Balaban J connectivity index is 1.38. The topological polar surface area (TPSA) is 26.0 Å². The Morgan fingerprint density at radius 2 is 1.16 bits per heavy atom. The molecule has 45 heavy (non-hydrogen) atoms. The highest BCUT2D eigenvalue weighted by Crippen LogP contribution is 2.51. The quantitative estimate of drug-likeness (QED) is 0.209. The average Bonchev–Trinajstić information content (AvgIpc) is 3.73. The van der Waals surface area contributed by atoms with Crippen molar-refractivity contribution in [1.29, 1.82) is 0 Å². The maximum absolute atomic E-state index is 4.82. The van der Waals surface area contributed by atoms with Gasteiger partial charge < -0.3 is 14.0 Å². The van der Waals surface area contributed by atoms with Crippen molar-refractivity contribution in [3.05, 3.63) is 163 Å². The van der Waals surface area contributed by atoms with E-state index in [-0.39, 0.29) is 12.0 Å². The van der Waals surface area contributed by atoms with E-state index in [0.29, 0.717) is 0 Å².